The van der Waals surface area contributed by atoms with Crippen LogP contribution in [0, 0.1) is 5.92 Å². The van der Waals surface area contributed by atoms with Crippen molar-refractivity contribution in [1.29, 1.82) is 0 Å². The second-order valence-corrected chi connectivity index (χ2v) is 9.25. The number of carbonyl (C=O) groups is 2. The molecule has 7 heteroatoms. The van der Waals surface area contributed by atoms with E-state index in [1.807, 2.05) is 103 Å². The highest BCUT2D eigenvalue weighted by molar-refractivity contribution is 6.00. The lowest BCUT2D eigenvalue weighted by molar-refractivity contribution is -0.125. The highest BCUT2D eigenvalue weighted by Gasteiger charge is 2.41. The lowest BCUT2D eigenvalue weighted by Gasteiger charge is -2.41. The summed E-state index contributed by atoms with van der Waals surface area (Å²) in [6.07, 6.45) is 0.698. The van der Waals surface area contributed by atoms with Gasteiger partial charge in [-0.2, -0.15) is 0 Å². The molecule has 0 radical (unpaired) electrons. The fourth-order valence-corrected chi connectivity index (χ4v) is 4.86. The van der Waals surface area contributed by atoms with Crippen molar-refractivity contribution in [2.45, 2.75) is 18.9 Å². The van der Waals surface area contributed by atoms with E-state index in [-0.39, 0.29) is 18.2 Å². The highest BCUT2D eigenvalue weighted by Crippen LogP contribution is 2.41. The molecule has 2 amide bonds. The number of nitrogens with one attached hydrogen (secondary N) is 1. The molecule has 4 aromatic rings. The molecular weight excluding hydrogens is 492 g/mol. The van der Waals surface area contributed by atoms with Gasteiger partial charge in [-0.05, 0) is 84.8 Å². The summed E-state index contributed by atoms with van der Waals surface area (Å²) in [7, 11) is 3.21. The Kier molecular flexibility index (Phi) is 7.78. The number of hydrogen-bond acceptors (Lipinski definition) is 5. The van der Waals surface area contributed by atoms with Crippen molar-refractivity contribution in [1.82, 2.24) is 0 Å². The average Bonchev–Trinajstić information content (AvgIpc) is 2.98. The van der Waals surface area contributed by atoms with Crippen molar-refractivity contribution in [3.8, 4) is 23.0 Å². The average molecular weight is 523 g/mol. The third-order valence-electron chi connectivity index (χ3n) is 6.84. The van der Waals surface area contributed by atoms with Crippen molar-refractivity contribution < 1.29 is 23.8 Å². The number of hydrogen-bond donors (Lipinski definition) is 1. The smallest absolute Gasteiger partial charge is 0.229 e. The topological polar surface area (TPSA) is 77.1 Å². The molecule has 1 saturated heterocycles. The van der Waals surface area contributed by atoms with Crippen LogP contribution in [0.1, 0.15) is 24.4 Å². The maximum Gasteiger partial charge on any atom is 0.229 e. The third-order valence-corrected chi connectivity index (χ3v) is 6.84. The Bertz CT molecular complexity index is 1400. The van der Waals surface area contributed by atoms with E-state index in [2.05, 4.69) is 5.32 Å². The number of piperidine rings is 1. The first-order chi connectivity index (χ1) is 19.1. The van der Waals surface area contributed by atoms with E-state index in [0.29, 0.717) is 35.0 Å². The number of anilines is 2. The molecule has 198 valence electrons. The normalized spacial score (nSPS) is 16.9. The first-order valence-corrected chi connectivity index (χ1v) is 12.8. The van der Waals surface area contributed by atoms with E-state index in [0.717, 1.165) is 11.3 Å². The monoisotopic (exact) mass is 522 g/mol. The molecule has 0 aliphatic carbocycles. The predicted molar refractivity (Wildman–Crippen MR) is 151 cm³/mol. The Balaban J connectivity index is 1.41. The predicted octanol–water partition coefficient (Wildman–Crippen LogP) is 6.62. The van der Waals surface area contributed by atoms with Crippen LogP contribution >= 0.6 is 0 Å². The second kappa shape index (κ2) is 11.7. The Morgan fingerprint density at radius 3 is 1.92 bits per heavy atom. The summed E-state index contributed by atoms with van der Waals surface area (Å²) in [5.41, 5.74) is 2.22. The zero-order valence-electron chi connectivity index (χ0n) is 21.9. The van der Waals surface area contributed by atoms with Crippen LogP contribution in [0.15, 0.2) is 103 Å². The number of carbonyl (C=O) groups excluding carboxylic acids is 2. The first-order valence-electron chi connectivity index (χ1n) is 12.8. The molecule has 4 aromatic carbocycles. The van der Waals surface area contributed by atoms with Crippen molar-refractivity contribution in [2.75, 3.05) is 24.4 Å². The van der Waals surface area contributed by atoms with Gasteiger partial charge in [0.25, 0.3) is 0 Å². The quantitative estimate of drug-likeness (QED) is 0.281. The van der Waals surface area contributed by atoms with Gasteiger partial charge in [0.15, 0.2) is 0 Å². The van der Waals surface area contributed by atoms with Crippen LogP contribution in [0.3, 0.4) is 0 Å². The van der Waals surface area contributed by atoms with Gasteiger partial charge in [-0.25, -0.2) is 0 Å². The number of benzene rings is 4. The molecule has 1 aliphatic rings. The molecule has 1 aliphatic heterocycles. The third kappa shape index (κ3) is 5.88. The summed E-state index contributed by atoms with van der Waals surface area (Å²) in [5.74, 6) is 2.14. The van der Waals surface area contributed by atoms with Crippen LogP contribution < -0.4 is 24.4 Å². The number of ether oxygens (including phenoxy) is 3. The number of rotatable bonds is 8. The summed E-state index contributed by atoms with van der Waals surface area (Å²) >= 11 is 0. The summed E-state index contributed by atoms with van der Waals surface area (Å²) in [6, 6.07) is 31.1. The Labute approximate surface area is 227 Å². The zero-order chi connectivity index (χ0) is 27.2. The molecule has 5 rings (SSSR count). The molecule has 2 unspecified atom stereocenters. The molecule has 39 heavy (non-hydrogen) atoms. The molecule has 0 bridgehead atoms. The fraction of sp³-hybridized carbons (Fsp3) is 0.188. The van der Waals surface area contributed by atoms with E-state index in [1.54, 1.807) is 19.1 Å². The van der Waals surface area contributed by atoms with Gasteiger partial charge in [0, 0.05) is 17.8 Å². The Morgan fingerprint density at radius 1 is 0.744 bits per heavy atom. The molecule has 1 N–H and O–H groups in total. The number of para-hydroxylation sites is 1. The van der Waals surface area contributed by atoms with Crippen LogP contribution in [0.2, 0.25) is 0 Å². The van der Waals surface area contributed by atoms with Gasteiger partial charge < -0.3 is 24.4 Å². The fourth-order valence-electron chi connectivity index (χ4n) is 4.86. The lowest BCUT2D eigenvalue weighted by Crippen LogP contribution is -2.46. The first kappa shape index (κ1) is 25.9. The number of nitrogens with zero attached hydrogens (tertiary/aromatic N) is 1. The zero-order valence-corrected chi connectivity index (χ0v) is 21.9. The van der Waals surface area contributed by atoms with Crippen LogP contribution in [0.25, 0.3) is 0 Å². The molecule has 0 spiro atoms. The van der Waals surface area contributed by atoms with Gasteiger partial charge in [0.2, 0.25) is 11.8 Å². The van der Waals surface area contributed by atoms with Crippen LogP contribution in [0.4, 0.5) is 11.4 Å². The van der Waals surface area contributed by atoms with Crippen molar-refractivity contribution in [3.63, 3.8) is 0 Å². The molecule has 7 nitrogen and oxygen atoms in total. The maximum absolute atomic E-state index is 13.7. The molecule has 0 saturated carbocycles. The molecule has 0 aromatic heterocycles. The van der Waals surface area contributed by atoms with Gasteiger partial charge in [-0.15, -0.1) is 0 Å². The Hall–Kier alpha value is -4.78. The van der Waals surface area contributed by atoms with Gasteiger partial charge in [0.05, 0.1) is 26.2 Å². The van der Waals surface area contributed by atoms with Crippen molar-refractivity contribution in [3.05, 3.63) is 109 Å². The SMILES string of the molecule is COc1ccc(C2C(C(=O)Nc3ccc(Oc4ccccc4)cc3)CCC(=O)N2c2ccc(OC)cc2)cc1. The standard InChI is InChI=1S/C32H30N2O5/c1-37-25-14-8-22(9-15-25)31-29(20-21-30(35)34(31)24-12-18-26(38-2)19-13-24)32(36)33-23-10-16-28(17-11-23)39-27-6-4-3-5-7-27/h3-19,29,31H,20-21H2,1-2H3,(H,33,36). The van der Waals surface area contributed by atoms with Crippen LogP contribution in [0.5, 0.6) is 23.0 Å². The minimum atomic E-state index is -0.494. The van der Waals surface area contributed by atoms with Gasteiger partial charge in [-0.1, -0.05) is 30.3 Å². The van der Waals surface area contributed by atoms with Crippen LogP contribution in [-0.4, -0.2) is 26.0 Å². The van der Waals surface area contributed by atoms with E-state index < -0.39 is 12.0 Å². The summed E-state index contributed by atoms with van der Waals surface area (Å²) in [6.45, 7) is 0. The summed E-state index contributed by atoms with van der Waals surface area (Å²) < 4.78 is 16.5. The molecular formula is C32H30N2O5. The van der Waals surface area contributed by atoms with E-state index in [1.165, 1.54) is 0 Å². The second-order valence-electron chi connectivity index (χ2n) is 9.25. The van der Waals surface area contributed by atoms with Gasteiger partial charge >= 0.3 is 0 Å². The van der Waals surface area contributed by atoms with E-state index in [9.17, 15) is 9.59 Å². The maximum atomic E-state index is 13.7. The van der Waals surface area contributed by atoms with E-state index >= 15 is 0 Å². The number of methoxy groups -OCH3 is 2. The largest absolute Gasteiger partial charge is 0.497 e. The lowest BCUT2D eigenvalue weighted by atomic mass is 9.83. The highest BCUT2D eigenvalue weighted by atomic mass is 16.5. The summed E-state index contributed by atoms with van der Waals surface area (Å²) in [5, 5.41) is 3.05. The van der Waals surface area contributed by atoms with Crippen LogP contribution in [-0.2, 0) is 9.59 Å². The molecule has 1 fully saturated rings. The van der Waals surface area contributed by atoms with E-state index in [4.69, 9.17) is 14.2 Å². The van der Waals surface area contributed by atoms with Crippen molar-refractivity contribution in [2.24, 2.45) is 5.92 Å². The minimum absolute atomic E-state index is 0.0348. The summed E-state index contributed by atoms with van der Waals surface area (Å²) in [4.78, 5) is 28.7. The van der Waals surface area contributed by atoms with Crippen molar-refractivity contribution >= 4 is 23.2 Å². The minimum Gasteiger partial charge on any atom is -0.497 e. The molecule has 1 heterocycles. The van der Waals surface area contributed by atoms with Gasteiger partial charge in [0.1, 0.15) is 23.0 Å². The number of amides is 2. The molecule has 2 atom stereocenters. The van der Waals surface area contributed by atoms with Gasteiger partial charge in [-0.3, -0.25) is 9.59 Å². The Morgan fingerprint density at radius 2 is 1.31 bits per heavy atom.